The molecule has 380 valence electrons. The van der Waals surface area contributed by atoms with Gasteiger partial charge in [-0.1, -0.05) is 333 Å². The van der Waals surface area contributed by atoms with E-state index in [1.165, 1.54) is 308 Å². The highest BCUT2D eigenvalue weighted by Crippen LogP contribution is 2.19. The van der Waals surface area contributed by atoms with Crippen molar-refractivity contribution >= 4 is 17.6 Å². The molecule has 0 saturated heterocycles. The van der Waals surface area contributed by atoms with Gasteiger partial charge in [0.1, 0.15) is 0 Å². The number of carboxylic acid groups (broad SMARTS) is 1. The number of carbonyl (C=O) groups is 2. The molecule has 0 saturated carbocycles. The Hall–Kier alpha value is -1.84. The molecule has 0 radical (unpaired) electrons. The second kappa shape index (κ2) is 53.1. The number of nitrogens with one attached hydrogen (secondary N) is 1. The van der Waals surface area contributed by atoms with Gasteiger partial charge in [0.2, 0.25) is 5.91 Å². The van der Waals surface area contributed by atoms with Gasteiger partial charge in [-0.25, -0.2) is 0 Å². The van der Waals surface area contributed by atoms with Crippen LogP contribution in [0.1, 0.15) is 340 Å². The molecule has 0 unspecified atom stereocenters. The quantitative estimate of drug-likeness (QED) is 0.0640. The Morgan fingerprint density at radius 2 is 0.431 bits per heavy atom. The number of carbonyl (C=O) groups excluding carboxylic acids is 1. The molecule has 2 N–H and O–H groups in total. The van der Waals surface area contributed by atoms with Crippen LogP contribution in [0.4, 0.5) is 5.69 Å². The molecule has 0 bridgehead atoms. The summed E-state index contributed by atoms with van der Waals surface area (Å²) in [4.78, 5) is 22.6. The molecule has 0 aliphatic heterocycles. The highest BCUT2D eigenvalue weighted by molar-refractivity contribution is 5.90. The Morgan fingerprint density at radius 3 is 0.615 bits per heavy atom. The molecule has 1 rings (SSSR count). The van der Waals surface area contributed by atoms with Gasteiger partial charge in [-0.15, -0.1) is 0 Å². The molecule has 4 nitrogen and oxygen atoms in total. The van der Waals surface area contributed by atoms with Crippen LogP contribution < -0.4 is 5.32 Å². The van der Waals surface area contributed by atoms with Crippen molar-refractivity contribution in [3.05, 3.63) is 30.3 Å². The number of carboxylic acids is 1. The number of rotatable bonds is 55. The molecule has 0 fully saturated rings. The summed E-state index contributed by atoms with van der Waals surface area (Å²) >= 11 is 0. The third kappa shape index (κ3) is 51.4. The lowest BCUT2D eigenvalue weighted by atomic mass is 10.0. The summed E-state index contributed by atoms with van der Waals surface area (Å²) in [6, 6.07) is 9.79. The van der Waals surface area contributed by atoms with Crippen molar-refractivity contribution in [2.24, 2.45) is 0 Å². The molecule has 0 aromatic heterocycles. The number of hydrogen-bond acceptors (Lipinski definition) is 2. The molecule has 0 heterocycles. The van der Waals surface area contributed by atoms with Crippen LogP contribution in [-0.2, 0) is 9.59 Å². The monoisotopic (exact) mass is 908 g/mol. The number of hydrogen-bond donors (Lipinski definition) is 2. The summed E-state index contributed by atoms with van der Waals surface area (Å²) in [7, 11) is 0. The number of anilines is 1. The Morgan fingerprint density at radius 1 is 0.262 bits per heavy atom. The van der Waals surface area contributed by atoms with E-state index in [0.29, 0.717) is 12.8 Å². The summed E-state index contributed by atoms with van der Waals surface area (Å²) in [5.74, 6) is -0.499. The average molecular weight is 909 g/mol. The SMILES string of the molecule is O=C(O)CCCCCCCCCCCCCCCCCCCCCCCCCCCCCCCCCCCCCCCCCCCCCCCCCCCCCC(=O)Nc1ccccc1. The number of amides is 1. The van der Waals surface area contributed by atoms with E-state index in [1.807, 2.05) is 30.3 Å². The van der Waals surface area contributed by atoms with Crippen LogP contribution >= 0.6 is 0 Å². The van der Waals surface area contributed by atoms with Crippen molar-refractivity contribution in [2.45, 2.75) is 340 Å². The first kappa shape index (κ1) is 61.2. The molecule has 1 aromatic rings. The lowest BCUT2D eigenvalue weighted by Gasteiger charge is -2.05. The van der Waals surface area contributed by atoms with Crippen LogP contribution in [0.25, 0.3) is 0 Å². The van der Waals surface area contributed by atoms with Crippen molar-refractivity contribution in [3.63, 3.8) is 0 Å². The molecule has 4 heteroatoms. The maximum atomic E-state index is 12.0. The van der Waals surface area contributed by atoms with Gasteiger partial charge in [0.05, 0.1) is 0 Å². The highest BCUT2D eigenvalue weighted by atomic mass is 16.4. The van der Waals surface area contributed by atoms with Crippen LogP contribution in [0.15, 0.2) is 30.3 Å². The van der Waals surface area contributed by atoms with E-state index in [1.54, 1.807) is 0 Å². The van der Waals surface area contributed by atoms with E-state index in [0.717, 1.165) is 24.9 Å². The summed E-state index contributed by atoms with van der Waals surface area (Å²) in [6.07, 6.45) is 72.6. The molecular formula is C61H113NO3. The summed E-state index contributed by atoms with van der Waals surface area (Å²) < 4.78 is 0. The summed E-state index contributed by atoms with van der Waals surface area (Å²) in [6.45, 7) is 0. The lowest BCUT2D eigenvalue weighted by Crippen LogP contribution is -2.10. The Labute approximate surface area is 406 Å². The fraction of sp³-hybridized carbons (Fsp3) is 0.869. The maximum Gasteiger partial charge on any atom is 0.303 e. The Balaban J connectivity index is 1.60. The standard InChI is InChI=1S/C61H113NO3/c63-60(62-59-55-51-50-52-56-59)57-53-48-46-44-42-40-38-36-34-32-30-28-26-24-22-20-18-16-14-12-10-8-6-4-2-1-3-5-7-9-11-13-15-17-19-21-23-25-27-29-31-33-35-37-39-41-43-45-47-49-54-58-61(64)65/h50-52,55-56H,1-49,53-54,57-58H2,(H,62,63)(H,64,65). The van der Waals surface area contributed by atoms with Crippen LogP contribution in [0.2, 0.25) is 0 Å². The fourth-order valence-electron chi connectivity index (χ4n) is 9.97. The second-order valence-corrected chi connectivity index (χ2v) is 20.8. The normalized spacial score (nSPS) is 11.4. The predicted molar refractivity (Wildman–Crippen MR) is 287 cm³/mol. The first-order valence-electron chi connectivity index (χ1n) is 29.7. The first-order valence-corrected chi connectivity index (χ1v) is 29.7. The maximum absolute atomic E-state index is 12.0. The lowest BCUT2D eigenvalue weighted by molar-refractivity contribution is -0.137. The zero-order valence-electron chi connectivity index (χ0n) is 43.6. The van der Waals surface area contributed by atoms with Crippen molar-refractivity contribution < 1.29 is 14.7 Å². The minimum absolute atomic E-state index is 0.149. The first-order chi connectivity index (χ1) is 32.2. The van der Waals surface area contributed by atoms with Crippen molar-refractivity contribution in [2.75, 3.05) is 5.32 Å². The van der Waals surface area contributed by atoms with Gasteiger partial charge in [-0.3, -0.25) is 9.59 Å². The van der Waals surface area contributed by atoms with E-state index in [-0.39, 0.29) is 5.91 Å². The van der Waals surface area contributed by atoms with Crippen molar-refractivity contribution in [3.8, 4) is 0 Å². The predicted octanol–water partition coefficient (Wildman–Crippen LogP) is 21.4. The smallest absolute Gasteiger partial charge is 0.303 e. The second-order valence-electron chi connectivity index (χ2n) is 20.8. The minimum Gasteiger partial charge on any atom is -0.481 e. The largest absolute Gasteiger partial charge is 0.481 e. The van der Waals surface area contributed by atoms with E-state index in [4.69, 9.17) is 5.11 Å². The van der Waals surface area contributed by atoms with E-state index in [2.05, 4.69) is 5.32 Å². The molecule has 0 aliphatic carbocycles. The van der Waals surface area contributed by atoms with Crippen molar-refractivity contribution in [1.29, 1.82) is 0 Å². The highest BCUT2D eigenvalue weighted by Gasteiger charge is 2.03. The van der Waals surface area contributed by atoms with Crippen LogP contribution in [0.5, 0.6) is 0 Å². The number of aliphatic carboxylic acids is 1. The summed E-state index contributed by atoms with van der Waals surface area (Å²) in [5.41, 5.74) is 0.905. The van der Waals surface area contributed by atoms with E-state index in [9.17, 15) is 9.59 Å². The molecule has 1 amide bonds. The fourth-order valence-corrected chi connectivity index (χ4v) is 9.97. The van der Waals surface area contributed by atoms with Gasteiger partial charge in [-0.2, -0.15) is 0 Å². The molecule has 0 aliphatic rings. The Kier molecular flexibility index (Phi) is 50.0. The molecule has 1 aromatic carbocycles. The van der Waals surface area contributed by atoms with Crippen LogP contribution in [0.3, 0.4) is 0 Å². The topological polar surface area (TPSA) is 66.4 Å². The van der Waals surface area contributed by atoms with Gasteiger partial charge in [0.15, 0.2) is 0 Å². The molecule has 65 heavy (non-hydrogen) atoms. The van der Waals surface area contributed by atoms with Gasteiger partial charge in [-0.05, 0) is 25.0 Å². The summed E-state index contributed by atoms with van der Waals surface area (Å²) in [5, 5.41) is 11.7. The number of benzene rings is 1. The van der Waals surface area contributed by atoms with Gasteiger partial charge in [0, 0.05) is 18.5 Å². The minimum atomic E-state index is -0.648. The van der Waals surface area contributed by atoms with Gasteiger partial charge < -0.3 is 10.4 Å². The van der Waals surface area contributed by atoms with E-state index < -0.39 is 5.97 Å². The third-order valence-corrected chi connectivity index (χ3v) is 14.4. The molecule has 0 spiro atoms. The number of unbranched alkanes of at least 4 members (excludes halogenated alkanes) is 50. The van der Waals surface area contributed by atoms with Crippen LogP contribution in [-0.4, -0.2) is 17.0 Å². The molecule has 0 atom stereocenters. The zero-order chi connectivity index (χ0) is 46.5. The zero-order valence-corrected chi connectivity index (χ0v) is 43.6. The van der Waals surface area contributed by atoms with E-state index >= 15 is 0 Å². The third-order valence-electron chi connectivity index (χ3n) is 14.4. The number of para-hydroxylation sites is 1. The molecular weight excluding hydrogens is 795 g/mol. The van der Waals surface area contributed by atoms with Gasteiger partial charge in [0.25, 0.3) is 0 Å². The van der Waals surface area contributed by atoms with Gasteiger partial charge >= 0.3 is 5.97 Å². The average Bonchev–Trinajstić information content (AvgIpc) is 3.30. The van der Waals surface area contributed by atoms with Crippen molar-refractivity contribution in [1.82, 2.24) is 0 Å². The van der Waals surface area contributed by atoms with Crippen LogP contribution in [0, 0.1) is 0 Å². The Bertz CT molecular complexity index is 1070.